The van der Waals surface area contributed by atoms with Gasteiger partial charge in [-0.05, 0) is 24.8 Å². The third-order valence-electron chi connectivity index (χ3n) is 4.34. The van der Waals surface area contributed by atoms with E-state index in [1.165, 1.54) is 0 Å². The number of esters is 1. The fraction of sp³-hybridized carbons (Fsp3) is 0.579. The van der Waals surface area contributed by atoms with Crippen LogP contribution in [-0.2, 0) is 20.9 Å². The number of benzene rings is 1. The van der Waals surface area contributed by atoms with E-state index in [9.17, 15) is 9.59 Å². The highest BCUT2D eigenvalue weighted by Gasteiger charge is 2.28. The lowest BCUT2D eigenvalue weighted by molar-refractivity contribution is -0.145. The van der Waals surface area contributed by atoms with E-state index in [-0.39, 0.29) is 24.5 Å². The van der Waals surface area contributed by atoms with Crippen LogP contribution in [0.15, 0.2) is 30.3 Å². The Morgan fingerprint density at radius 2 is 1.88 bits per heavy atom. The van der Waals surface area contributed by atoms with Gasteiger partial charge in [0.1, 0.15) is 6.61 Å². The molecule has 0 aliphatic heterocycles. The van der Waals surface area contributed by atoms with E-state index in [2.05, 4.69) is 5.32 Å². The van der Waals surface area contributed by atoms with Crippen LogP contribution in [-0.4, -0.2) is 24.7 Å². The summed E-state index contributed by atoms with van der Waals surface area (Å²) < 4.78 is 10.6. The van der Waals surface area contributed by atoms with Gasteiger partial charge >= 0.3 is 12.1 Å². The summed E-state index contributed by atoms with van der Waals surface area (Å²) in [6, 6.07) is 9.61. The van der Waals surface area contributed by atoms with Crippen molar-refractivity contribution in [2.45, 2.75) is 58.1 Å². The number of alkyl carbamates (subject to hydrolysis) is 1. The van der Waals surface area contributed by atoms with Crippen molar-refractivity contribution in [1.29, 1.82) is 0 Å². The van der Waals surface area contributed by atoms with Gasteiger partial charge in [-0.1, -0.05) is 50.1 Å². The first-order chi connectivity index (χ1) is 11.7. The smallest absolute Gasteiger partial charge is 0.407 e. The normalized spacial score (nSPS) is 20.2. The number of nitrogens with one attached hydrogen (secondary N) is 1. The zero-order chi connectivity index (χ0) is 17.2. The predicted octanol–water partition coefficient (Wildman–Crippen LogP) is 3.81. The SMILES string of the molecule is CCCC(=O)OC[C@@H]1CCCC[C@@H]1NC(=O)OCc1ccccc1. The first kappa shape index (κ1) is 18.3. The van der Waals surface area contributed by atoms with Crippen LogP contribution in [0.1, 0.15) is 51.0 Å². The molecule has 1 aromatic rings. The first-order valence-electron chi connectivity index (χ1n) is 8.82. The molecule has 0 radical (unpaired) electrons. The lowest BCUT2D eigenvalue weighted by atomic mass is 9.85. The van der Waals surface area contributed by atoms with Crippen molar-refractivity contribution < 1.29 is 19.1 Å². The Morgan fingerprint density at radius 3 is 2.62 bits per heavy atom. The van der Waals surface area contributed by atoms with Crippen LogP contribution in [0.5, 0.6) is 0 Å². The zero-order valence-corrected chi connectivity index (χ0v) is 14.3. The number of hydrogen-bond acceptors (Lipinski definition) is 4. The van der Waals surface area contributed by atoms with Crippen molar-refractivity contribution >= 4 is 12.1 Å². The van der Waals surface area contributed by atoms with E-state index < -0.39 is 6.09 Å². The molecule has 5 nitrogen and oxygen atoms in total. The quantitative estimate of drug-likeness (QED) is 0.771. The van der Waals surface area contributed by atoms with Gasteiger partial charge in [-0.2, -0.15) is 0 Å². The molecule has 132 valence electrons. The van der Waals surface area contributed by atoms with Gasteiger partial charge in [-0.3, -0.25) is 4.79 Å². The first-order valence-corrected chi connectivity index (χ1v) is 8.82. The van der Waals surface area contributed by atoms with Gasteiger partial charge in [0.25, 0.3) is 0 Å². The zero-order valence-electron chi connectivity index (χ0n) is 14.3. The highest BCUT2D eigenvalue weighted by molar-refractivity contribution is 5.69. The van der Waals surface area contributed by atoms with Crippen molar-refractivity contribution in [1.82, 2.24) is 5.32 Å². The third kappa shape index (κ3) is 6.22. The summed E-state index contributed by atoms with van der Waals surface area (Å²) in [4.78, 5) is 23.6. The largest absolute Gasteiger partial charge is 0.465 e. The van der Waals surface area contributed by atoms with Crippen LogP contribution in [0.4, 0.5) is 4.79 Å². The van der Waals surface area contributed by atoms with Gasteiger partial charge in [0, 0.05) is 18.4 Å². The summed E-state index contributed by atoms with van der Waals surface area (Å²) in [7, 11) is 0. The minimum absolute atomic E-state index is 0.0106. The lowest BCUT2D eigenvalue weighted by Crippen LogP contribution is -2.44. The molecule has 2 rings (SSSR count). The molecule has 1 N–H and O–H groups in total. The maximum atomic E-state index is 12.0. The van der Waals surface area contributed by atoms with Crippen molar-refractivity contribution in [3.8, 4) is 0 Å². The van der Waals surface area contributed by atoms with Gasteiger partial charge in [0.2, 0.25) is 0 Å². The monoisotopic (exact) mass is 333 g/mol. The predicted molar refractivity (Wildman–Crippen MR) is 91.4 cm³/mol. The highest BCUT2D eigenvalue weighted by Crippen LogP contribution is 2.25. The topological polar surface area (TPSA) is 64.6 Å². The molecule has 0 aromatic heterocycles. The average molecular weight is 333 g/mol. The van der Waals surface area contributed by atoms with Crippen molar-refractivity contribution in [3.05, 3.63) is 35.9 Å². The molecule has 24 heavy (non-hydrogen) atoms. The van der Waals surface area contributed by atoms with Gasteiger partial charge in [-0.15, -0.1) is 0 Å². The van der Waals surface area contributed by atoms with Crippen LogP contribution in [0, 0.1) is 5.92 Å². The molecule has 2 atom stereocenters. The van der Waals surface area contributed by atoms with E-state index in [1.54, 1.807) is 0 Å². The number of amides is 1. The second kappa shape index (κ2) is 9.96. The Labute approximate surface area is 143 Å². The molecule has 5 heteroatoms. The molecule has 1 aliphatic carbocycles. The molecule has 0 spiro atoms. The minimum atomic E-state index is -0.407. The van der Waals surface area contributed by atoms with Crippen LogP contribution in [0.2, 0.25) is 0 Å². The summed E-state index contributed by atoms with van der Waals surface area (Å²) in [6.45, 7) is 2.59. The summed E-state index contributed by atoms with van der Waals surface area (Å²) in [5.41, 5.74) is 0.960. The van der Waals surface area contributed by atoms with Gasteiger partial charge < -0.3 is 14.8 Å². The summed E-state index contributed by atoms with van der Waals surface area (Å²) in [5.74, 6) is 0.0114. The van der Waals surface area contributed by atoms with Crippen LogP contribution < -0.4 is 5.32 Å². The Morgan fingerprint density at radius 1 is 1.12 bits per heavy atom. The number of hydrogen-bond donors (Lipinski definition) is 1. The number of rotatable bonds is 7. The molecular formula is C19H27NO4. The lowest BCUT2D eigenvalue weighted by Gasteiger charge is -2.31. The Balaban J connectivity index is 1.77. The van der Waals surface area contributed by atoms with E-state index in [4.69, 9.17) is 9.47 Å². The maximum Gasteiger partial charge on any atom is 0.407 e. The molecule has 1 fully saturated rings. The number of carbonyl (C=O) groups is 2. The number of carbonyl (C=O) groups excluding carboxylic acids is 2. The maximum absolute atomic E-state index is 12.0. The van der Waals surface area contributed by atoms with E-state index >= 15 is 0 Å². The summed E-state index contributed by atoms with van der Waals surface area (Å²) in [6.07, 6.45) is 4.87. The van der Waals surface area contributed by atoms with E-state index in [1.807, 2.05) is 37.3 Å². The Bertz CT molecular complexity index is 517. The second-order valence-electron chi connectivity index (χ2n) is 6.29. The summed E-state index contributed by atoms with van der Waals surface area (Å²) >= 11 is 0. The summed E-state index contributed by atoms with van der Waals surface area (Å²) in [5, 5.41) is 2.94. The molecule has 0 unspecified atom stereocenters. The van der Waals surface area contributed by atoms with Crippen LogP contribution in [0.3, 0.4) is 0 Å². The minimum Gasteiger partial charge on any atom is -0.465 e. The van der Waals surface area contributed by atoms with E-state index in [0.717, 1.165) is 37.7 Å². The molecule has 1 aliphatic rings. The average Bonchev–Trinajstić information content (AvgIpc) is 2.60. The Kier molecular flexibility index (Phi) is 7.59. The van der Waals surface area contributed by atoms with Gasteiger partial charge in [0.15, 0.2) is 0 Å². The van der Waals surface area contributed by atoms with Crippen LogP contribution >= 0.6 is 0 Å². The Hall–Kier alpha value is -2.04. The fourth-order valence-electron chi connectivity index (χ4n) is 2.99. The van der Waals surface area contributed by atoms with Crippen molar-refractivity contribution in [2.24, 2.45) is 5.92 Å². The van der Waals surface area contributed by atoms with Gasteiger partial charge in [0.05, 0.1) is 6.61 Å². The standard InChI is InChI=1S/C19H27NO4/c1-2-8-18(21)23-14-16-11-6-7-12-17(16)20-19(22)24-13-15-9-4-3-5-10-15/h3-5,9-10,16-17H,2,6-8,11-14H2,1H3,(H,20,22)/t16-,17-/m0/s1. The fourth-order valence-corrected chi connectivity index (χ4v) is 2.99. The van der Waals surface area contributed by atoms with Crippen molar-refractivity contribution in [2.75, 3.05) is 6.61 Å². The molecule has 1 aromatic carbocycles. The van der Waals surface area contributed by atoms with E-state index in [0.29, 0.717) is 13.0 Å². The van der Waals surface area contributed by atoms with Crippen molar-refractivity contribution in [3.63, 3.8) is 0 Å². The molecule has 1 amide bonds. The van der Waals surface area contributed by atoms with Crippen LogP contribution in [0.25, 0.3) is 0 Å². The van der Waals surface area contributed by atoms with Gasteiger partial charge in [-0.25, -0.2) is 4.79 Å². The molecular weight excluding hydrogens is 306 g/mol. The molecule has 0 saturated heterocycles. The highest BCUT2D eigenvalue weighted by atomic mass is 16.5. The number of ether oxygens (including phenoxy) is 2. The second-order valence-corrected chi connectivity index (χ2v) is 6.29. The molecule has 1 saturated carbocycles. The third-order valence-corrected chi connectivity index (χ3v) is 4.34. The molecule has 0 bridgehead atoms. The molecule has 0 heterocycles.